The Morgan fingerprint density at radius 2 is 2.20 bits per heavy atom. The number of rotatable bonds is 4. The van der Waals surface area contributed by atoms with Gasteiger partial charge in [-0.1, -0.05) is 12.1 Å². The molecule has 0 spiro atoms. The average molecular weight is 277 g/mol. The van der Waals surface area contributed by atoms with Gasteiger partial charge in [0.15, 0.2) is 0 Å². The number of carbonyl (C=O) groups is 1. The molecule has 1 aromatic carbocycles. The van der Waals surface area contributed by atoms with Crippen LogP contribution in [0.25, 0.3) is 0 Å². The number of amides is 2. The summed E-state index contributed by atoms with van der Waals surface area (Å²) in [7, 11) is 0. The summed E-state index contributed by atoms with van der Waals surface area (Å²) in [5.74, 6) is 0.426. The van der Waals surface area contributed by atoms with Gasteiger partial charge in [-0.25, -0.2) is 4.79 Å². The third kappa shape index (κ3) is 4.51. The van der Waals surface area contributed by atoms with Crippen molar-refractivity contribution >= 4 is 11.7 Å². The number of carbonyl (C=O) groups excluding carboxylic acids is 1. The summed E-state index contributed by atoms with van der Waals surface area (Å²) in [6.45, 7) is 4.17. The molecule has 5 nitrogen and oxygen atoms in total. The molecule has 4 N–H and O–H groups in total. The van der Waals surface area contributed by atoms with Crippen molar-refractivity contribution in [1.82, 2.24) is 5.32 Å². The van der Waals surface area contributed by atoms with Gasteiger partial charge in [-0.3, -0.25) is 0 Å². The summed E-state index contributed by atoms with van der Waals surface area (Å²) in [6.07, 6.45) is 2.19. The zero-order valence-electron chi connectivity index (χ0n) is 11.9. The van der Waals surface area contributed by atoms with E-state index in [-0.39, 0.29) is 12.1 Å². The van der Waals surface area contributed by atoms with Crippen LogP contribution in [0.4, 0.5) is 10.5 Å². The number of hydrogen-bond acceptors (Lipinski definition) is 3. The van der Waals surface area contributed by atoms with Gasteiger partial charge in [0.1, 0.15) is 0 Å². The molecule has 110 valence electrons. The van der Waals surface area contributed by atoms with Crippen molar-refractivity contribution in [3.05, 3.63) is 29.8 Å². The van der Waals surface area contributed by atoms with Crippen molar-refractivity contribution in [2.24, 2.45) is 11.7 Å². The summed E-state index contributed by atoms with van der Waals surface area (Å²) in [5, 5.41) is 5.70. The summed E-state index contributed by atoms with van der Waals surface area (Å²) < 4.78 is 5.38. The first-order valence-electron chi connectivity index (χ1n) is 7.13. The number of benzene rings is 1. The van der Waals surface area contributed by atoms with E-state index in [0.717, 1.165) is 37.3 Å². The van der Waals surface area contributed by atoms with Crippen LogP contribution in [0.1, 0.15) is 31.4 Å². The van der Waals surface area contributed by atoms with Crippen molar-refractivity contribution < 1.29 is 9.53 Å². The molecule has 1 aliphatic rings. The zero-order chi connectivity index (χ0) is 14.4. The SMILES string of the molecule is CC(N)c1ccc(NC(=O)NCC2CCCOC2)cc1. The number of nitrogens with two attached hydrogens (primary N) is 1. The van der Waals surface area contributed by atoms with Crippen LogP contribution in [-0.2, 0) is 4.74 Å². The highest BCUT2D eigenvalue weighted by atomic mass is 16.5. The highest BCUT2D eigenvalue weighted by Gasteiger charge is 2.14. The zero-order valence-corrected chi connectivity index (χ0v) is 11.9. The fraction of sp³-hybridized carbons (Fsp3) is 0.533. The predicted octanol–water partition coefficient (Wildman–Crippen LogP) is 2.25. The van der Waals surface area contributed by atoms with Gasteiger partial charge >= 0.3 is 6.03 Å². The van der Waals surface area contributed by atoms with Crippen molar-refractivity contribution in [3.63, 3.8) is 0 Å². The lowest BCUT2D eigenvalue weighted by atomic mass is 10.0. The van der Waals surface area contributed by atoms with E-state index < -0.39 is 0 Å². The molecule has 20 heavy (non-hydrogen) atoms. The van der Waals surface area contributed by atoms with Crippen molar-refractivity contribution in [3.8, 4) is 0 Å². The smallest absolute Gasteiger partial charge is 0.319 e. The Kier molecular flexibility index (Phi) is 5.38. The molecule has 1 saturated heterocycles. The molecule has 2 amide bonds. The number of nitrogens with one attached hydrogen (secondary N) is 2. The quantitative estimate of drug-likeness (QED) is 0.790. The Balaban J connectivity index is 1.75. The maximum Gasteiger partial charge on any atom is 0.319 e. The van der Waals surface area contributed by atoms with Gasteiger partial charge in [0.25, 0.3) is 0 Å². The van der Waals surface area contributed by atoms with Crippen molar-refractivity contribution in [2.75, 3.05) is 25.1 Å². The van der Waals surface area contributed by atoms with E-state index in [9.17, 15) is 4.79 Å². The van der Waals surface area contributed by atoms with Gasteiger partial charge in [-0.2, -0.15) is 0 Å². The minimum atomic E-state index is -0.177. The van der Waals surface area contributed by atoms with Crippen LogP contribution in [0.3, 0.4) is 0 Å². The number of urea groups is 1. The first-order valence-corrected chi connectivity index (χ1v) is 7.13. The summed E-state index contributed by atoms with van der Waals surface area (Å²) in [4.78, 5) is 11.8. The van der Waals surface area contributed by atoms with E-state index in [1.807, 2.05) is 31.2 Å². The maximum atomic E-state index is 11.8. The number of anilines is 1. The van der Waals surface area contributed by atoms with Gasteiger partial charge in [0.2, 0.25) is 0 Å². The Morgan fingerprint density at radius 3 is 2.80 bits per heavy atom. The third-order valence-corrected chi connectivity index (χ3v) is 3.50. The Morgan fingerprint density at radius 1 is 1.45 bits per heavy atom. The van der Waals surface area contributed by atoms with Crippen LogP contribution < -0.4 is 16.4 Å². The molecule has 0 bridgehead atoms. The predicted molar refractivity (Wildman–Crippen MR) is 79.6 cm³/mol. The molecule has 2 atom stereocenters. The first kappa shape index (κ1) is 14.8. The lowest BCUT2D eigenvalue weighted by Crippen LogP contribution is -2.35. The van der Waals surface area contributed by atoms with Crippen LogP contribution >= 0.6 is 0 Å². The van der Waals surface area contributed by atoms with E-state index in [0.29, 0.717) is 12.5 Å². The Bertz CT molecular complexity index is 425. The fourth-order valence-electron chi connectivity index (χ4n) is 2.25. The average Bonchev–Trinajstić information content (AvgIpc) is 2.47. The molecule has 1 fully saturated rings. The summed E-state index contributed by atoms with van der Waals surface area (Å²) in [6, 6.07) is 7.41. The normalized spacial score (nSPS) is 20.2. The van der Waals surface area contributed by atoms with E-state index >= 15 is 0 Å². The van der Waals surface area contributed by atoms with Crippen LogP contribution in [0.15, 0.2) is 24.3 Å². The minimum absolute atomic E-state index is 0.00387. The van der Waals surface area contributed by atoms with Crippen molar-refractivity contribution in [1.29, 1.82) is 0 Å². The molecule has 0 aromatic heterocycles. The Labute approximate surface area is 119 Å². The highest BCUT2D eigenvalue weighted by Crippen LogP contribution is 2.14. The molecule has 1 aliphatic heterocycles. The molecule has 0 saturated carbocycles. The van der Waals surface area contributed by atoms with E-state index in [4.69, 9.17) is 10.5 Å². The lowest BCUT2D eigenvalue weighted by Gasteiger charge is -2.22. The monoisotopic (exact) mass is 277 g/mol. The molecule has 0 aliphatic carbocycles. The van der Waals surface area contributed by atoms with Gasteiger partial charge in [0, 0.05) is 24.9 Å². The molecule has 0 radical (unpaired) electrons. The maximum absolute atomic E-state index is 11.8. The first-order chi connectivity index (χ1) is 9.65. The van der Waals surface area contributed by atoms with E-state index in [1.165, 1.54) is 0 Å². The molecule has 2 unspecified atom stereocenters. The highest BCUT2D eigenvalue weighted by molar-refractivity contribution is 5.89. The van der Waals surface area contributed by atoms with E-state index in [2.05, 4.69) is 10.6 Å². The number of hydrogen-bond donors (Lipinski definition) is 3. The van der Waals surface area contributed by atoms with Crippen molar-refractivity contribution in [2.45, 2.75) is 25.8 Å². The second-order valence-corrected chi connectivity index (χ2v) is 5.33. The molecule has 5 heteroatoms. The third-order valence-electron chi connectivity index (χ3n) is 3.50. The van der Waals surface area contributed by atoms with Crippen LogP contribution in [0.5, 0.6) is 0 Å². The Hall–Kier alpha value is -1.59. The second-order valence-electron chi connectivity index (χ2n) is 5.33. The second kappa shape index (κ2) is 7.26. The molecule has 1 aromatic rings. The molecular weight excluding hydrogens is 254 g/mol. The minimum Gasteiger partial charge on any atom is -0.381 e. The van der Waals surface area contributed by atoms with Gasteiger partial charge in [0.05, 0.1) is 6.61 Å². The van der Waals surface area contributed by atoms with Gasteiger partial charge in [-0.05, 0) is 43.4 Å². The van der Waals surface area contributed by atoms with Gasteiger partial charge in [-0.15, -0.1) is 0 Å². The summed E-state index contributed by atoms with van der Waals surface area (Å²) in [5.41, 5.74) is 7.61. The topological polar surface area (TPSA) is 76.4 Å². The summed E-state index contributed by atoms with van der Waals surface area (Å²) >= 11 is 0. The van der Waals surface area contributed by atoms with Gasteiger partial charge < -0.3 is 21.1 Å². The van der Waals surface area contributed by atoms with E-state index in [1.54, 1.807) is 0 Å². The number of ether oxygens (including phenoxy) is 1. The van der Waals surface area contributed by atoms with Crippen LogP contribution in [0.2, 0.25) is 0 Å². The largest absolute Gasteiger partial charge is 0.381 e. The fourth-order valence-corrected chi connectivity index (χ4v) is 2.25. The van der Waals surface area contributed by atoms with Crippen LogP contribution in [0, 0.1) is 5.92 Å². The standard InChI is InChI=1S/C15H23N3O2/c1-11(16)13-4-6-14(7-5-13)18-15(19)17-9-12-3-2-8-20-10-12/h4-7,11-12H,2-3,8-10,16H2,1H3,(H2,17,18,19). The molecular formula is C15H23N3O2. The molecule has 1 heterocycles. The lowest BCUT2D eigenvalue weighted by molar-refractivity contribution is 0.0559. The van der Waals surface area contributed by atoms with Crippen LogP contribution in [-0.4, -0.2) is 25.8 Å². The molecule has 2 rings (SSSR count).